The molecule has 1 heterocycles. The van der Waals surface area contributed by atoms with Gasteiger partial charge < -0.3 is 9.84 Å². The highest BCUT2D eigenvalue weighted by Gasteiger charge is 2.40. The maximum absolute atomic E-state index is 12.2. The number of nitrogens with zero attached hydrogens (tertiary/aromatic N) is 1. The highest BCUT2D eigenvalue weighted by Crippen LogP contribution is 2.33. The highest BCUT2D eigenvalue weighted by molar-refractivity contribution is 5.98. The molecule has 1 N–H and O–H groups in total. The first-order chi connectivity index (χ1) is 8.79. The predicted molar refractivity (Wildman–Crippen MR) is 70.3 cm³/mol. The summed E-state index contributed by atoms with van der Waals surface area (Å²) in [6, 6.07) is 6.28. The molecule has 5 nitrogen and oxygen atoms in total. The summed E-state index contributed by atoms with van der Waals surface area (Å²) in [5, 5.41) is 9.25. The Morgan fingerprint density at radius 3 is 2.53 bits per heavy atom. The Bertz CT molecular complexity index is 518. The quantitative estimate of drug-likeness (QED) is 0.845. The third-order valence-electron chi connectivity index (χ3n) is 2.85. The fourth-order valence-electron chi connectivity index (χ4n) is 2.12. The molecule has 0 saturated carbocycles. The molecular formula is C14H17NO4. The minimum absolute atomic E-state index is 0.310. The smallest absolute Gasteiger partial charge is 0.415 e. The van der Waals surface area contributed by atoms with Crippen molar-refractivity contribution in [2.75, 3.05) is 4.90 Å². The van der Waals surface area contributed by atoms with E-state index in [0.29, 0.717) is 12.1 Å². The van der Waals surface area contributed by atoms with E-state index in [0.717, 1.165) is 5.56 Å². The number of carbonyl (C=O) groups is 2. The van der Waals surface area contributed by atoms with Gasteiger partial charge in [-0.2, -0.15) is 0 Å². The van der Waals surface area contributed by atoms with E-state index in [2.05, 4.69) is 0 Å². The van der Waals surface area contributed by atoms with Crippen molar-refractivity contribution in [1.82, 2.24) is 0 Å². The number of carboxylic acid groups (broad SMARTS) is 1. The predicted octanol–water partition coefficient (Wildman–Crippen LogP) is 2.44. The van der Waals surface area contributed by atoms with Gasteiger partial charge in [0.05, 0.1) is 5.69 Å². The number of hydrogen-bond donors (Lipinski definition) is 1. The summed E-state index contributed by atoms with van der Waals surface area (Å²) in [6.45, 7) is 5.26. The van der Waals surface area contributed by atoms with Gasteiger partial charge in [0, 0.05) is 6.42 Å². The van der Waals surface area contributed by atoms with Gasteiger partial charge in [-0.05, 0) is 32.4 Å². The zero-order valence-electron chi connectivity index (χ0n) is 11.2. The van der Waals surface area contributed by atoms with Crippen molar-refractivity contribution in [3.8, 4) is 0 Å². The van der Waals surface area contributed by atoms with Crippen LogP contribution in [0, 0.1) is 0 Å². The lowest BCUT2D eigenvalue weighted by Gasteiger charge is -2.27. The minimum atomic E-state index is -1.03. The van der Waals surface area contributed by atoms with E-state index < -0.39 is 23.7 Å². The number of anilines is 1. The molecule has 0 saturated heterocycles. The van der Waals surface area contributed by atoms with Gasteiger partial charge in [-0.1, -0.05) is 18.2 Å². The van der Waals surface area contributed by atoms with Crippen LogP contribution in [0.25, 0.3) is 0 Å². The number of fused-ring (bicyclic) bond motifs is 1. The summed E-state index contributed by atoms with van der Waals surface area (Å²) in [5.74, 6) is -1.03. The van der Waals surface area contributed by atoms with Crippen molar-refractivity contribution in [3.05, 3.63) is 29.8 Å². The first kappa shape index (κ1) is 13.4. The molecular weight excluding hydrogens is 246 g/mol. The van der Waals surface area contributed by atoms with Crippen LogP contribution < -0.4 is 4.90 Å². The highest BCUT2D eigenvalue weighted by atomic mass is 16.6. The lowest BCUT2D eigenvalue weighted by atomic mass is 10.1. The molecule has 0 spiro atoms. The van der Waals surface area contributed by atoms with Crippen LogP contribution in [0.4, 0.5) is 10.5 Å². The zero-order chi connectivity index (χ0) is 14.2. The first-order valence-electron chi connectivity index (χ1n) is 6.12. The molecule has 5 heteroatoms. The Hall–Kier alpha value is -2.04. The molecule has 0 radical (unpaired) electrons. The SMILES string of the molecule is CC(C)(C)OC(=O)N1c2ccccc2C[C@@H]1C(=O)O. The standard InChI is InChI=1S/C14H17NO4/c1-14(2,3)19-13(18)15-10-7-5-4-6-9(10)8-11(15)12(16)17/h4-7,11H,8H2,1-3H3,(H,16,17)/t11-/m1/s1. The van der Waals surface area contributed by atoms with Gasteiger partial charge in [0.25, 0.3) is 0 Å². The summed E-state index contributed by atoms with van der Waals surface area (Å²) < 4.78 is 5.28. The van der Waals surface area contributed by atoms with E-state index in [1.165, 1.54) is 4.90 Å². The Balaban J connectivity index is 2.34. The average Bonchev–Trinajstić information content (AvgIpc) is 2.65. The topological polar surface area (TPSA) is 66.8 Å². The Kier molecular flexibility index (Phi) is 3.22. The van der Waals surface area contributed by atoms with Crippen molar-refractivity contribution < 1.29 is 19.4 Å². The molecule has 0 fully saturated rings. The van der Waals surface area contributed by atoms with Gasteiger partial charge in [0.15, 0.2) is 0 Å². The van der Waals surface area contributed by atoms with Crippen LogP contribution in [0.5, 0.6) is 0 Å². The number of aliphatic carboxylic acids is 1. The fraction of sp³-hybridized carbons (Fsp3) is 0.429. The fourth-order valence-corrected chi connectivity index (χ4v) is 2.12. The average molecular weight is 263 g/mol. The summed E-state index contributed by atoms with van der Waals surface area (Å²) in [5.41, 5.74) is 0.808. The molecule has 2 rings (SSSR count). The van der Waals surface area contributed by atoms with E-state index in [-0.39, 0.29) is 0 Å². The second-order valence-electron chi connectivity index (χ2n) is 5.54. The number of rotatable bonds is 1. The van der Waals surface area contributed by atoms with Crippen LogP contribution in [0.2, 0.25) is 0 Å². The van der Waals surface area contributed by atoms with Gasteiger partial charge in [-0.25, -0.2) is 9.59 Å². The second kappa shape index (κ2) is 4.57. The Labute approximate surface area is 111 Å². The molecule has 0 aromatic heterocycles. The number of ether oxygens (including phenoxy) is 1. The van der Waals surface area contributed by atoms with Gasteiger partial charge in [0.2, 0.25) is 0 Å². The summed E-state index contributed by atoms with van der Waals surface area (Å²) >= 11 is 0. The molecule has 0 unspecified atom stereocenters. The number of para-hydroxylation sites is 1. The number of benzene rings is 1. The monoisotopic (exact) mass is 263 g/mol. The lowest BCUT2D eigenvalue weighted by molar-refractivity contribution is -0.138. The maximum Gasteiger partial charge on any atom is 0.415 e. The Morgan fingerprint density at radius 2 is 1.95 bits per heavy atom. The van der Waals surface area contributed by atoms with Crippen molar-refractivity contribution in [2.24, 2.45) is 0 Å². The number of amides is 1. The molecule has 0 bridgehead atoms. The molecule has 19 heavy (non-hydrogen) atoms. The van der Waals surface area contributed by atoms with Crippen molar-refractivity contribution in [3.63, 3.8) is 0 Å². The van der Waals surface area contributed by atoms with Crippen LogP contribution in [-0.2, 0) is 16.0 Å². The molecule has 102 valence electrons. The first-order valence-corrected chi connectivity index (χ1v) is 6.12. The van der Waals surface area contributed by atoms with E-state index >= 15 is 0 Å². The summed E-state index contributed by atoms with van der Waals surface area (Å²) in [4.78, 5) is 24.7. The van der Waals surface area contributed by atoms with Gasteiger partial charge in [-0.15, -0.1) is 0 Å². The van der Waals surface area contributed by atoms with Crippen molar-refractivity contribution in [2.45, 2.75) is 38.8 Å². The third-order valence-corrected chi connectivity index (χ3v) is 2.85. The largest absolute Gasteiger partial charge is 0.480 e. The van der Waals surface area contributed by atoms with Gasteiger partial charge in [-0.3, -0.25) is 4.90 Å². The normalized spacial score (nSPS) is 18.1. The zero-order valence-corrected chi connectivity index (χ0v) is 11.2. The van der Waals surface area contributed by atoms with Crippen molar-refractivity contribution >= 4 is 17.7 Å². The Morgan fingerprint density at radius 1 is 1.32 bits per heavy atom. The van der Waals surface area contributed by atoms with E-state index in [1.54, 1.807) is 32.9 Å². The van der Waals surface area contributed by atoms with E-state index in [1.807, 2.05) is 12.1 Å². The molecule has 1 aromatic carbocycles. The van der Waals surface area contributed by atoms with Crippen LogP contribution in [0.1, 0.15) is 26.3 Å². The minimum Gasteiger partial charge on any atom is -0.480 e. The molecule has 1 amide bonds. The second-order valence-corrected chi connectivity index (χ2v) is 5.54. The summed E-state index contributed by atoms with van der Waals surface area (Å²) in [7, 11) is 0. The maximum atomic E-state index is 12.2. The molecule has 1 aliphatic rings. The van der Waals surface area contributed by atoms with E-state index in [4.69, 9.17) is 4.74 Å². The van der Waals surface area contributed by atoms with Gasteiger partial charge in [0.1, 0.15) is 11.6 Å². The number of carbonyl (C=O) groups excluding carboxylic acids is 1. The molecule has 1 aliphatic heterocycles. The van der Waals surface area contributed by atoms with E-state index in [9.17, 15) is 14.7 Å². The molecule has 0 aliphatic carbocycles. The molecule has 1 atom stereocenters. The summed E-state index contributed by atoms with van der Waals surface area (Å²) in [6.07, 6.45) is -0.310. The van der Waals surface area contributed by atoms with Crippen LogP contribution >= 0.6 is 0 Å². The van der Waals surface area contributed by atoms with Crippen LogP contribution in [-0.4, -0.2) is 28.8 Å². The number of hydrogen-bond acceptors (Lipinski definition) is 3. The van der Waals surface area contributed by atoms with Crippen LogP contribution in [0.15, 0.2) is 24.3 Å². The van der Waals surface area contributed by atoms with Crippen molar-refractivity contribution in [1.29, 1.82) is 0 Å². The molecule has 1 aromatic rings. The number of carboxylic acids is 1. The van der Waals surface area contributed by atoms with Crippen LogP contribution in [0.3, 0.4) is 0 Å². The van der Waals surface area contributed by atoms with Gasteiger partial charge >= 0.3 is 12.1 Å². The third kappa shape index (κ3) is 2.70. The lowest BCUT2D eigenvalue weighted by Crippen LogP contribution is -2.45.